The molecule has 1 aliphatic rings. The first kappa shape index (κ1) is 15.2. The van der Waals surface area contributed by atoms with E-state index in [4.69, 9.17) is 5.73 Å². The first-order valence-corrected chi connectivity index (χ1v) is 6.78. The number of hydrogen-bond acceptors (Lipinski definition) is 4. The summed E-state index contributed by atoms with van der Waals surface area (Å²) in [6.07, 6.45) is 1.33. The van der Waals surface area contributed by atoms with Crippen LogP contribution in [0.2, 0.25) is 0 Å². The monoisotopic (exact) mass is 288 g/mol. The van der Waals surface area contributed by atoms with Crippen LogP contribution in [0.25, 0.3) is 0 Å². The van der Waals surface area contributed by atoms with Crippen molar-refractivity contribution < 1.29 is 13.2 Å². The Morgan fingerprint density at radius 3 is 2.50 bits per heavy atom. The number of hydrogen-bond donors (Lipinski definition) is 1. The molecule has 0 aromatic carbocycles. The Kier molecular flexibility index (Phi) is 4.59. The van der Waals surface area contributed by atoms with E-state index < -0.39 is 12.0 Å². The molecule has 1 aliphatic heterocycles. The van der Waals surface area contributed by atoms with Crippen LogP contribution in [0.5, 0.6) is 0 Å². The molecule has 0 spiro atoms. The fourth-order valence-electron chi connectivity index (χ4n) is 2.70. The Labute approximate surface area is 116 Å². The van der Waals surface area contributed by atoms with Crippen LogP contribution in [0, 0.1) is 0 Å². The lowest BCUT2D eigenvalue weighted by molar-refractivity contribution is -0.145. The molecule has 7 heteroatoms. The van der Waals surface area contributed by atoms with Gasteiger partial charge in [-0.3, -0.25) is 4.90 Å². The van der Waals surface area contributed by atoms with E-state index in [9.17, 15) is 13.2 Å². The van der Waals surface area contributed by atoms with Gasteiger partial charge in [0.1, 0.15) is 0 Å². The van der Waals surface area contributed by atoms with Gasteiger partial charge in [0.2, 0.25) is 5.82 Å². The lowest BCUT2D eigenvalue weighted by Crippen LogP contribution is -2.43. The van der Waals surface area contributed by atoms with Gasteiger partial charge in [-0.05, 0) is 26.3 Å². The van der Waals surface area contributed by atoms with Crippen molar-refractivity contribution >= 4 is 0 Å². The average molecular weight is 288 g/mol. The number of nitrogens with two attached hydrogens (primary N) is 1. The summed E-state index contributed by atoms with van der Waals surface area (Å²) in [7, 11) is 0. The first-order chi connectivity index (χ1) is 9.43. The highest BCUT2D eigenvalue weighted by atomic mass is 19.4. The molecule has 4 nitrogen and oxygen atoms in total. The zero-order valence-corrected chi connectivity index (χ0v) is 11.4. The van der Waals surface area contributed by atoms with Crippen LogP contribution in [-0.2, 0) is 6.18 Å². The molecule has 112 valence electrons. The van der Waals surface area contributed by atoms with Gasteiger partial charge in [-0.25, -0.2) is 9.97 Å². The first-order valence-electron chi connectivity index (χ1n) is 6.78. The molecule has 2 heterocycles. The van der Waals surface area contributed by atoms with Crippen LogP contribution >= 0.6 is 0 Å². The summed E-state index contributed by atoms with van der Waals surface area (Å²) in [6, 6.07) is 0.257. The van der Waals surface area contributed by atoms with Crippen LogP contribution in [0.15, 0.2) is 12.4 Å². The quantitative estimate of drug-likeness (QED) is 0.927. The number of rotatable bonds is 3. The standard InChI is InChI=1S/C13H19F3N4/c1-9-4-2-3-5-20(9)11(6-17)10-7-18-12(19-8-10)13(14,15)16/h7-9,11H,2-6,17H2,1H3. The molecule has 20 heavy (non-hydrogen) atoms. The maximum absolute atomic E-state index is 12.5. The van der Waals surface area contributed by atoms with Crippen molar-refractivity contribution in [2.45, 2.75) is 44.4 Å². The Bertz CT molecular complexity index is 432. The molecule has 0 bridgehead atoms. The van der Waals surface area contributed by atoms with Crippen LogP contribution in [-0.4, -0.2) is 34.0 Å². The van der Waals surface area contributed by atoms with Gasteiger partial charge in [-0.1, -0.05) is 6.42 Å². The summed E-state index contributed by atoms with van der Waals surface area (Å²) in [5, 5.41) is 0. The number of aromatic nitrogens is 2. The van der Waals surface area contributed by atoms with E-state index >= 15 is 0 Å². The van der Waals surface area contributed by atoms with Crippen LogP contribution in [0.1, 0.15) is 43.6 Å². The highest BCUT2D eigenvalue weighted by molar-refractivity contribution is 5.13. The second-order valence-corrected chi connectivity index (χ2v) is 5.17. The summed E-state index contributed by atoms with van der Waals surface area (Å²) in [4.78, 5) is 9.07. The number of nitrogens with zero attached hydrogens (tertiary/aromatic N) is 3. The van der Waals surface area contributed by atoms with Crippen molar-refractivity contribution in [1.29, 1.82) is 0 Å². The molecule has 1 fully saturated rings. The van der Waals surface area contributed by atoms with Crippen molar-refractivity contribution in [3.63, 3.8) is 0 Å². The van der Waals surface area contributed by atoms with Gasteiger partial charge in [0.05, 0.1) is 6.04 Å². The SMILES string of the molecule is CC1CCCCN1C(CN)c1cnc(C(F)(F)F)nc1. The maximum atomic E-state index is 12.5. The van der Waals surface area contributed by atoms with Gasteiger partial charge >= 0.3 is 6.18 Å². The van der Waals surface area contributed by atoms with E-state index in [2.05, 4.69) is 21.8 Å². The molecule has 0 aliphatic carbocycles. The molecule has 1 aromatic rings. The Hall–Kier alpha value is -1.21. The minimum absolute atomic E-state index is 0.118. The summed E-state index contributed by atoms with van der Waals surface area (Å²) in [5.74, 6) is -1.11. The van der Waals surface area contributed by atoms with Gasteiger partial charge in [0.25, 0.3) is 0 Å². The molecule has 2 N–H and O–H groups in total. The van der Waals surface area contributed by atoms with E-state index in [0.29, 0.717) is 18.2 Å². The van der Waals surface area contributed by atoms with E-state index in [-0.39, 0.29) is 6.04 Å². The Morgan fingerprint density at radius 1 is 1.35 bits per heavy atom. The van der Waals surface area contributed by atoms with Crippen LogP contribution < -0.4 is 5.73 Å². The van der Waals surface area contributed by atoms with E-state index in [0.717, 1.165) is 19.4 Å². The topological polar surface area (TPSA) is 55.0 Å². The predicted octanol–water partition coefficient (Wildman–Crippen LogP) is 2.37. The smallest absolute Gasteiger partial charge is 0.329 e. The number of alkyl halides is 3. The second-order valence-electron chi connectivity index (χ2n) is 5.17. The summed E-state index contributed by atoms with van der Waals surface area (Å²) < 4.78 is 37.4. The summed E-state index contributed by atoms with van der Waals surface area (Å²) in [5.41, 5.74) is 6.45. The Balaban J connectivity index is 2.19. The second kappa shape index (κ2) is 6.05. The molecule has 1 aromatic heterocycles. The van der Waals surface area contributed by atoms with Crippen molar-refractivity contribution in [1.82, 2.24) is 14.9 Å². The highest BCUT2D eigenvalue weighted by Crippen LogP contribution is 2.29. The zero-order valence-electron chi connectivity index (χ0n) is 11.4. The molecule has 0 saturated carbocycles. The summed E-state index contributed by atoms with van der Waals surface area (Å²) in [6.45, 7) is 3.37. The molecular weight excluding hydrogens is 269 g/mol. The van der Waals surface area contributed by atoms with Gasteiger partial charge in [0.15, 0.2) is 0 Å². The van der Waals surface area contributed by atoms with E-state index in [1.807, 2.05) is 0 Å². The van der Waals surface area contributed by atoms with Crippen molar-refractivity contribution in [3.8, 4) is 0 Å². The normalized spacial score (nSPS) is 22.8. The fourth-order valence-corrected chi connectivity index (χ4v) is 2.70. The highest BCUT2D eigenvalue weighted by Gasteiger charge is 2.35. The number of piperidine rings is 1. The molecule has 2 rings (SSSR count). The van der Waals surface area contributed by atoms with Gasteiger partial charge in [0, 0.05) is 30.5 Å². The molecule has 2 atom stereocenters. The summed E-state index contributed by atoms with van der Waals surface area (Å²) >= 11 is 0. The van der Waals surface area contributed by atoms with E-state index in [1.165, 1.54) is 18.8 Å². The van der Waals surface area contributed by atoms with Crippen LogP contribution in [0.3, 0.4) is 0 Å². The van der Waals surface area contributed by atoms with Crippen molar-refractivity contribution in [2.75, 3.05) is 13.1 Å². The molecule has 1 saturated heterocycles. The predicted molar refractivity (Wildman–Crippen MR) is 68.8 cm³/mol. The molecule has 0 amide bonds. The van der Waals surface area contributed by atoms with E-state index in [1.54, 1.807) is 0 Å². The number of halogens is 3. The molecular formula is C13H19F3N4. The lowest BCUT2D eigenvalue weighted by atomic mass is 9.98. The van der Waals surface area contributed by atoms with Crippen LogP contribution in [0.4, 0.5) is 13.2 Å². The largest absolute Gasteiger partial charge is 0.451 e. The van der Waals surface area contributed by atoms with Crippen molar-refractivity contribution in [2.24, 2.45) is 5.73 Å². The minimum Gasteiger partial charge on any atom is -0.329 e. The van der Waals surface area contributed by atoms with Gasteiger partial charge in [-0.2, -0.15) is 13.2 Å². The van der Waals surface area contributed by atoms with Gasteiger partial charge in [-0.15, -0.1) is 0 Å². The lowest BCUT2D eigenvalue weighted by Gasteiger charge is -2.39. The molecule has 2 unspecified atom stereocenters. The maximum Gasteiger partial charge on any atom is 0.451 e. The third kappa shape index (κ3) is 3.27. The van der Waals surface area contributed by atoms with Crippen molar-refractivity contribution in [3.05, 3.63) is 23.8 Å². The third-order valence-corrected chi connectivity index (χ3v) is 3.79. The third-order valence-electron chi connectivity index (χ3n) is 3.79. The zero-order chi connectivity index (χ0) is 14.8. The fraction of sp³-hybridized carbons (Fsp3) is 0.692. The molecule has 0 radical (unpaired) electrons. The number of likely N-dealkylation sites (tertiary alicyclic amines) is 1. The van der Waals surface area contributed by atoms with Gasteiger partial charge < -0.3 is 5.73 Å². The average Bonchev–Trinajstić information content (AvgIpc) is 2.41. The minimum atomic E-state index is -4.50. The Morgan fingerprint density at radius 2 is 2.00 bits per heavy atom.